The first-order valence-electron chi connectivity index (χ1n) is 6.93. The van der Waals surface area contributed by atoms with Crippen LogP contribution in [-0.2, 0) is 0 Å². The van der Waals surface area contributed by atoms with Crippen LogP contribution >= 0.6 is 11.3 Å². The molecule has 1 heterocycles. The maximum absolute atomic E-state index is 13.6. The van der Waals surface area contributed by atoms with E-state index in [4.69, 9.17) is 0 Å². The van der Waals surface area contributed by atoms with Crippen LogP contribution in [0.1, 0.15) is 15.4 Å². The van der Waals surface area contributed by atoms with Crippen LogP contribution in [0.3, 0.4) is 0 Å². The summed E-state index contributed by atoms with van der Waals surface area (Å²) >= 11 is 1.53. The predicted molar refractivity (Wildman–Crippen MR) is 86.6 cm³/mol. The normalized spacial score (nSPS) is 10.7. The summed E-state index contributed by atoms with van der Waals surface area (Å²) in [6, 6.07) is 8.37. The number of amides is 1. The van der Waals surface area contributed by atoms with Crippen LogP contribution in [-0.4, -0.2) is 10.9 Å². The molecule has 0 aliphatic carbocycles. The monoisotopic (exact) mass is 348 g/mol. The van der Waals surface area contributed by atoms with Crippen molar-refractivity contribution >= 4 is 22.9 Å². The molecule has 0 bridgehead atoms. The number of aromatic nitrogens is 1. The lowest BCUT2D eigenvalue weighted by molar-refractivity contribution is 0.102. The molecule has 3 nitrogen and oxygen atoms in total. The average Bonchev–Trinajstić information content (AvgIpc) is 3.00. The number of hydrogen-bond donors (Lipinski definition) is 1. The Morgan fingerprint density at radius 2 is 1.75 bits per heavy atom. The van der Waals surface area contributed by atoms with Crippen LogP contribution in [0.15, 0.2) is 41.8 Å². The number of rotatable bonds is 3. The Hall–Kier alpha value is -2.67. The summed E-state index contributed by atoms with van der Waals surface area (Å²) in [6.45, 7) is 1.90. The van der Waals surface area contributed by atoms with E-state index in [0.29, 0.717) is 11.8 Å². The Morgan fingerprint density at radius 3 is 2.38 bits per heavy atom. The summed E-state index contributed by atoms with van der Waals surface area (Å²) in [5.41, 5.74) is 1.53. The van der Waals surface area contributed by atoms with E-state index in [2.05, 4.69) is 10.3 Å². The van der Waals surface area contributed by atoms with Gasteiger partial charge in [-0.1, -0.05) is 12.1 Å². The highest BCUT2D eigenvalue weighted by Gasteiger charge is 2.18. The second-order valence-electron chi connectivity index (χ2n) is 5.01. The number of aryl methyl sites for hydroxylation is 1. The van der Waals surface area contributed by atoms with Gasteiger partial charge in [0.25, 0.3) is 5.91 Å². The van der Waals surface area contributed by atoms with Crippen LogP contribution in [0.4, 0.5) is 18.9 Å². The van der Waals surface area contributed by atoms with Gasteiger partial charge in [0.1, 0.15) is 0 Å². The van der Waals surface area contributed by atoms with Crippen molar-refractivity contribution in [2.75, 3.05) is 5.32 Å². The minimum Gasteiger partial charge on any atom is -0.322 e. The van der Waals surface area contributed by atoms with Gasteiger partial charge in [-0.3, -0.25) is 4.79 Å². The second kappa shape index (κ2) is 6.45. The van der Waals surface area contributed by atoms with Crippen molar-refractivity contribution in [2.45, 2.75) is 6.92 Å². The molecule has 1 N–H and O–H groups in total. The fourth-order valence-electron chi connectivity index (χ4n) is 2.12. The smallest absolute Gasteiger partial charge is 0.258 e. The Labute approximate surface area is 139 Å². The minimum atomic E-state index is -1.67. The van der Waals surface area contributed by atoms with Gasteiger partial charge in [-0.25, -0.2) is 18.2 Å². The molecule has 3 rings (SSSR count). The summed E-state index contributed by atoms with van der Waals surface area (Å²) in [7, 11) is 0. The Bertz CT molecular complexity index is 907. The fraction of sp³-hybridized carbons (Fsp3) is 0.0588. The first kappa shape index (κ1) is 16.2. The summed E-state index contributed by atoms with van der Waals surface area (Å²) < 4.78 is 39.7. The van der Waals surface area contributed by atoms with Crippen LogP contribution in [0.5, 0.6) is 0 Å². The van der Waals surface area contributed by atoms with Gasteiger partial charge in [0.2, 0.25) is 0 Å². The maximum atomic E-state index is 13.6. The molecule has 24 heavy (non-hydrogen) atoms. The molecule has 0 aliphatic heterocycles. The molecule has 1 amide bonds. The predicted octanol–water partition coefficient (Wildman–Crippen LogP) is 4.79. The molecule has 0 spiro atoms. The number of anilines is 1. The van der Waals surface area contributed by atoms with Crippen molar-refractivity contribution in [1.29, 1.82) is 0 Å². The number of benzene rings is 2. The van der Waals surface area contributed by atoms with Crippen molar-refractivity contribution in [3.63, 3.8) is 0 Å². The third-order valence-corrected chi connectivity index (χ3v) is 4.11. The summed E-state index contributed by atoms with van der Waals surface area (Å²) in [5.74, 6) is -5.38. The van der Waals surface area contributed by atoms with Crippen molar-refractivity contribution < 1.29 is 18.0 Å². The van der Waals surface area contributed by atoms with E-state index >= 15 is 0 Å². The topological polar surface area (TPSA) is 42.0 Å². The van der Waals surface area contributed by atoms with Gasteiger partial charge in [-0.05, 0) is 31.2 Å². The molecule has 0 atom stereocenters. The van der Waals surface area contributed by atoms with E-state index in [1.807, 2.05) is 12.3 Å². The number of hydrogen-bond acceptors (Lipinski definition) is 3. The average molecular weight is 348 g/mol. The maximum Gasteiger partial charge on any atom is 0.258 e. The third kappa shape index (κ3) is 3.16. The van der Waals surface area contributed by atoms with Crippen molar-refractivity contribution in [3.05, 3.63) is 69.8 Å². The highest BCUT2D eigenvalue weighted by atomic mass is 32.1. The largest absolute Gasteiger partial charge is 0.322 e. The van der Waals surface area contributed by atoms with Crippen LogP contribution in [0, 0.1) is 24.4 Å². The van der Waals surface area contributed by atoms with E-state index in [9.17, 15) is 18.0 Å². The zero-order valence-corrected chi connectivity index (χ0v) is 13.3. The van der Waals surface area contributed by atoms with E-state index in [1.54, 1.807) is 24.3 Å². The van der Waals surface area contributed by atoms with Gasteiger partial charge >= 0.3 is 0 Å². The summed E-state index contributed by atoms with van der Waals surface area (Å²) in [4.78, 5) is 16.4. The Morgan fingerprint density at radius 1 is 1.04 bits per heavy atom. The van der Waals surface area contributed by atoms with E-state index in [0.717, 1.165) is 22.3 Å². The highest BCUT2D eigenvalue weighted by Crippen LogP contribution is 2.23. The van der Waals surface area contributed by atoms with E-state index in [-0.39, 0.29) is 0 Å². The zero-order valence-electron chi connectivity index (χ0n) is 12.4. The fourth-order valence-corrected chi connectivity index (χ4v) is 2.74. The molecule has 0 saturated carbocycles. The van der Waals surface area contributed by atoms with Gasteiger partial charge in [0, 0.05) is 16.6 Å². The number of thiazole rings is 1. The van der Waals surface area contributed by atoms with Crippen molar-refractivity contribution in [2.24, 2.45) is 0 Å². The first-order valence-corrected chi connectivity index (χ1v) is 7.81. The number of halogens is 3. The standard InChI is InChI=1S/C17H11F3N2OS/c1-9-21-14(8-24-9)10-2-4-11(5-3-10)22-17(23)12-6-7-13(18)16(20)15(12)19/h2-8H,1H3,(H,22,23). The SMILES string of the molecule is Cc1nc(-c2ccc(NC(=O)c3ccc(F)c(F)c3F)cc2)cs1. The molecule has 0 saturated heterocycles. The Balaban J connectivity index is 1.79. The molecule has 3 aromatic rings. The van der Waals surface area contributed by atoms with Crippen LogP contribution < -0.4 is 5.32 Å². The van der Waals surface area contributed by atoms with Gasteiger partial charge < -0.3 is 5.32 Å². The lowest BCUT2D eigenvalue weighted by Gasteiger charge is -2.07. The van der Waals surface area contributed by atoms with Crippen molar-refractivity contribution in [3.8, 4) is 11.3 Å². The number of carbonyl (C=O) groups excluding carboxylic acids is 1. The molecule has 7 heteroatoms. The number of nitrogens with zero attached hydrogens (tertiary/aromatic N) is 1. The lowest BCUT2D eigenvalue weighted by atomic mass is 10.1. The zero-order chi connectivity index (χ0) is 17.3. The first-order chi connectivity index (χ1) is 11.5. The van der Waals surface area contributed by atoms with Gasteiger partial charge in [0.15, 0.2) is 17.5 Å². The lowest BCUT2D eigenvalue weighted by Crippen LogP contribution is -2.15. The highest BCUT2D eigenvalue weighted by molar-refractivity contribution is 7.09. The van der Waals surface area contributed by atoms with Crippen LogP contribution in [0.25, 0.3) is 11.3 Å². The molecular weight excluding hydrogens is 337 g/mol. The van der Waals surface area contributed by atoms with Gasteiger partial charge in [-0.2, -0.15) is 0 Å². The molecule has 0 aliphatic rings. The summed E-state index contributed by atoms with van der Waals surface area (Å²) in [5, 5.41) is 5.30. The molecule has 1 aromatic heterocycles. The van der Waals surface area contributed by atoms with Gasteiger partial charge in [0.05, 0.1) is 16.3 Å². The van der Waals surface area contributed by atoms with E-state index < -0.39 is 28.9 Å². The van der Waals surface area contributed by atoms with Gasteiger partial charge in [-0.15, -0.1) is 11.3 Å². The van der Waals surface area contributed by atoms with Crippen LogP contribution in [0.2, 0.25) is 0 Å². The number of carbonyl (C=O) groups is 1. The quantitative estimate of drug-likeness (QED) is 0.692. The molecule has 2 aromatic carbocycles. The Kier molecular flexibility index (Phi) is 4.35. The molecule has 0 fully saturated rings. The van der Waals surface area contributed by atoms with E-state index in [1.165, 1.54) is 11.3 Å². The minimum absolute atomic E-state index is 0.403. The second-order valence-corrected chi connectivity index (χ2v) is 6.07. The number of nitrogens with one attached hydrogen (secondary N) is 1. The molecular formula is C17H11F3N2OS. The summed E-state index contributed by atoms with van der Waals surface area (Å²) in [6.07, 6.45) is 0. The molecule has 0 radical (unpaired) electrons. The van der Waals surface area contributed by atoms with Crippen molar-refractivity contribution in [1.82, 2.24) is 4.98 Å². The third-order valence-electron chi connectivity index (χ3n) is 3.34. The molecule has 122 valence electrons. The molecule has 0 unspecified atom stereocenters.